The Hall–Kier alpha value is -2.48. The van der Waals surface area contributed by atoms with Gasteiger partial charge in [0.25, 0.3) is 5.91 Å². The maximum atomic E-state index is 12.5. The van der Waals surface area contributed by atoms with E-state index in [0.717, 1.165) is 50.0 Å². The van der Waals surface area contributed by atoms with Gasteiger partial charge in [-0.3, -0.25) is 4.79 Å². The molecule has 1 aromatic rings. The molecule has 0 bridgehead atoms. The third-order valence-electron chi connectivity index (χ3n) is 5.54. The van der Waals surface area contributed by atoms with Crippen molar-refractivity contribution in [2.45, 2.75) is 57.4 Å². The Balaban J connectivity index is 1.76. The number of rotatable bonds is 5. The normalized spacial score (nSPS) is 18.7. The highest BCUT2D eigenvalue weighted by Gasteiger charge is 2.19. The fourth-order valence-electron chi connectivity index (χ4n) is 3.98. The Bertz CT molecular complexity index is 724. The van der Waals surface area contributed by atoms with Crippen molar-refractivity contribution in [3.63, 3.8) is 0 Å². The average Bonchev–Trinajstić information content (AvgIpc) is 2.73. The Labute approximate surface area is 162 Å². The van der Waals surface area contributed by atoms with Crippen LogP contribution in [-0.2, 0) is 4.79 Å². The number of carbonyl (C=O) groups is 1. The number of anilines is 1. The van der Waals surface area contributed by atoms with E-state index in [2.05, 4.69) is 16.3 Å². The van der Waals surface area contributed by atoms with E-state index in [4.69, 9.17) is 4.74 Å². The molecule has 144 valence electrons. The third-order valence-corrected chi connectivity index (χ3v) is 5.54. The Morgan fingerprint density at radius 2 is 1.89 bits per heavy atom. The number of nitriles is 1. The van der Waals surface area contributed by atoms with Gasteiger partial charge in [-0.1, -0.05) is 19.3 Å². The fourth-order valence-corrected chi connectivity index (χ4v) is 3.98. The summed E-state index contributed by atoms with van der Waals surface area (Å²) < 4.78 is 5.54. The van der Waals surface area contributed by atoms with Crippen LogP contribution in [0.3, 0.4) is 0 Å². The van der Waals surface area contributed by atoms with Crippen LogP contribution in [0.2, 0.25) is 0 Å². The number of hydrogen-bond donors (Lipinski definition) is 1. The van der Waals surface area contributed by atoms with Gasteiger partial charge in [0.2, 0.25) is 0 Å². The first-order chi connectivity index (χ1) is 13.2. The topological polar surface area (TPSA) is 65.4 Å². The van der Waals surface area contributed by atoms with Crippen molar-refractivity contribution in [3.05, 3.63) is 29.3 Å². The number of hydrogen-bond acceptors (Lipinski definition) is 4. The summed E-state index contributed by atoms with van der Waals surface area (Å²) in [6.07, 6.45) is 10.9. The van der Waals surface area contributed by atoms with Gasteiger partial charge >= 0.3 is 0 Å². The van der Waals surface area contributed by atoms with Crippen LogP contribution in [0.25, 0.3) is 6.08 Å². The van der Waals surface area contributed by atoms with Gasteiger partial charge in [0.05, 0.1) is 7.11 Å². The summed E-state index contributed by atoms with van der Waals surface area (Å²) in [6, 6.07) is 8.23. The highest BCUT2D eigenvalue weighted by atomic mass is 16.5. The summed E-state index contributed by atoms with van der Waals surface area (Å²) in [5.74, 6) is 0.405. The average molecular weight is 367 g/mol. The molecule has 27 heavy (non-hydrogen) atoms. The molecule has 0 radical (unpaired) electrons. The summed E-state index contributed by atoms with van der Waals surface area (Å²) in [6.45, 7) is 2.12. The van der Waals surface area contributed by atoms with Gasteiger partial charge in [-0.15, -0.1) is 0 Å². The number of benzene rings is 1. The molecule has 0 atom stereocenters. The predicted octanol–water partition coefficient (Wildman–Crippen LogP) is 4.04. The van der Waals surface area contributed by atoms with E-state index >= 15 is 0 Å². The molecule has 2 fully saturated rings. The Morgan fingerprint density at radius 1 is 1.19 bits per heavy atom. The zero-order valence-electron chi connectivity index (χ0n) is 16.2. The molecule has 1 N–H and O–H groups in total. The van der Waals surface area contributed by atoms with Crippen LogP contribution < -0.4 is 15.0 Å². The minimum absolute atomic E-state index is 0.129. The first kappa shape index (κ1) is 19.3. The second kappa shape index (κ2) is 9.45. The van der Waals surface area contributed by atoms with Crippen molar-refractivity contribution in [3.8, 4) is 11.8 Å². The minimum atomic E-state index is -0.286. The number of methoxy groups -OCH3 is 1. The van der Waals surface area contributed by atoms with Crippen LogP contribution >= 0.6 is 0 Å². The van der Waals surface area contributed by atoms with Crippen LogP contribution in [-0.4, -0.2) is 32.1 Å². The van der Waals surface area contributed by atoms with E-state index in [9.17, 15) is 10.1 Å². The van der Waals surface area contributed by atoms with Crippen LogP contribution in [0.5, 0.6) is 5.75 Å². The molecule has 0 unspecified atom stereocenters. The van der Waals surface area contributed by atoms with Crippen molar-refractivity contribution in [1.29, 1.82) is 5.26 Å². The lowest BCUT2D eigenvalue weighted by Crippen LogP contribution is -2.36. The molecule has 1 aliphatic carbocycles. The van der Waals surface area contributed by atoms with E-state index in [1.54, 1.807) is 13.2 Å². The van der Waals surface area contributed by atoms with Gasteiger partial charge in [-0.25, -0.2) is 0 Å². The lowest BCUT2D eigenvalue weighted by Gasteiger charge is -2.29. The molecule has 0 spiro atoms. The van der Waals surface area contributed by atoms with Gasteiger partial charge in [-0.2, -0.15) is 5.26 Å². The number of nitrogens with zero attached hydrogens (tertiary/aromatic N) is 2. The lowest BCUT2D eigenvalue weighted by atomic mass is 9.95. The number of piperidine rings is 1. The van der Waals surface area contributed by atoms with E-state index in [1.807, 2.05) is 18.2 Å². The lowest BCUT2D eigenvalue weighted by molar-refractivity contribution is -0.117. The number of amides is 1. The molecule has 2 aliphatic rings. The van der Waals surface area contributed by atoms with Gasteiger partial charge < -0.3 is 15.0 Å². The largest absolute Gasteiger partial charge is 0.496 e. The molecule has 1 aliphatic heterocycles. The second-order valence-electron chi connectivity index (χ2n) is 7.45. The quantitative estimate of drug-likeness (QED) is 0.630. The third kappa shape index (κ3) is 5.03. The first-order valence-corrected chi connectivity index (χ1v) is 10.1. The highest BCUT2D eigenvalue weighted by molar-refractivity contribution is 6.02. The van der Waals surface area contributed by atoms with E-state index in [0.29, 0.717) is 5.75 Å². The standard InChI is InChI=1S/C22H29N3O2/c1-27-21-15-20(25-12-6-3-7-13-25)11-10-17(21)14-18(16-23)22(26)24-19-8-4-2-5-9-19/h10-11,14-15,19H,2-9,12-13H2,1H3,(H,24,26)/b18-14-. The highest BCUT2D eigenvalue weighted by Crippen LogP contribution is 2.29. The smallest absolute Gasteiger partial charge is 0.262 e. The van der Waals surface area contributed by atoms with Gasteiger partial charge in [0, 0.05) is 36.4 Å². The Kier molecular flexibility index (Phi) is 6.75. The Morgan fingerprint density at radius 3 is 2.56 bits per heavy atom. The SMILES string of the molecule is COc1cc(N2CCCCC2)ccc1/C=C(/C#N)C(=O)NC1CCCCC1. The monoisotopic (exact) mass is 367 g/mol. The van der Waals surface area contributed by atoms with Crippen LogP contribution in [0.4, 0.5) is 5.69 Å². The zero-order valence-corrected chi connectivity index (χ0v) is 16.2. The molecule has 3 rings (SSSR count). The molecule has 0 aromatic heterocycles. The molecule has 1 saturated carbocycles. The van der Waals surface area contributed by atoms with Crippen molar-refractivity contribution >= 4 is 17.7 Å². The number of nitrogens with one attached hydrogen (secondary N) is 1. The fraction of sp³-hybridized carbons (Fsp3) is 0.545. The molecular formula is C22H29N3O2. The van der Waals surface area contributed by atoms with E-state index < -0.39 is 0 Å². The van der Waals surface area contributed by atoms with Crippen LogP contribution in [0, 0.1) is 11.3 Å². The molecular weight excluding hydrogens is 338 g/mol. The minimum Gasteiger partial charge on any atom is -0.496 e. The zero-order chi connectivity index (χ0) is 19.1. The summed E-state index contributed by atoms with van der Waals surface area (Å²) in [7, 11) is 1.63. The summed E-state index contributed by atoms with van der Waals surface area (Å²) >= 11 is 0. The van der Waals surface area contributed by atoms with Crippen LogP contribution in [0.1, 0.15) is 56.9 Å². The van der Waals surface area contributed by atoms with Crippen molar-refractivity contribution in [1.82, 2.24) is 5.32 Å². The van der Waals surface area contributed by atoms with E-state index in [-0.39, 0.29) is 17.5 Å². The van der Waals surface area contributed by atoms with E-state index in [1.165, 1.54) is 25.7 Å². The van der Waals surface area contributed by atoms with Crippen molar-refractivity contribution in [2.75, 3.05) is 25.1 Å². The number of carbonyl (C=O) groups excluding carboxylic acids is 1. The van der Waals surface area contributed by atoms with Gasteiger partial charge in [0.15, 0.2) is 0 Å². The van der Waals surface area contributed by atoms with Gasteiger partial charge in [-0.05, 0) is 50.3 Å². The molecule has 5 heteroatoms. The second-order valence-corrected chi connectivity index (χ2v) is 7.45. The number of ether oxygens (including phenoxy) is 1. The maximum Gasteiger partial charge on any atom is 0.262 e. The summed E-state index contributed by atoms with van der Waals surface area (Å²) in [5.41, 5.74) is 2.02. The molecule has 1 aromatic carbocycles. The molecule has 1 amide bonds. The maximum absolute atomic E-state index is 12.5. The molecule has 1 heterocycles. The first-order valence-electron chi connectivity index (χ1n) is 10.1. The molecule has 1 saturated heterocycles. The van der Waals surface area contributed by atoms with Gasteiger partial charge in [0.1, 0.15) is 17.4 Å². The van der Waals surface area contributed by atoms with Crippen molar-refractivity contribution < 1.29 is 9.53 Å². The summed E-state index contributed by atoms with van der Waals surface area (Å²) in [4.78, 5) is 14.9. The molecule has 5 nitrogen and oxygen atoms in total. The van der Waals surface area contributed by atoms with Crippen LogP contribution in [0.15, 0.2) is 23.8 Å². The predicted molar refractivity (Wildman–Crippen MR) is 108 cm³/mol. The van der Waals surface area contributed by atoms with Crippen molar-refractivity contribution in [2.24, 2.45) is 0 Å². The summed E-state index contributed by atoms with van der Waals surface area (Å²) in [5, 5.41) is 12.5.